The molecule has 1 rings (SSSR count). The van der Waals surface area contributed by atoms with Gasteiger partial charge >= 0.3 is 0 Å². The van der Waals surface area contributed by atoms with Crippen molar-refractivity contribution in [2.24, 2.45) is 5.92 Å². The molecule has 0 aliphatic carbocycles. The lowest BCUT2D eigenvalue weighted by Gasteiger charge is -2.22. The van der Waals surface area contributed by atoms with E-state index in [-0.39, 0.29) is 6.10 Å². The number of rotatable bonds is 8. The van der Waals surface area contributed by atoms with Crippen molar-refractivity contribution in [3.05, 3.63) is 22.7 Å². The molecule has 0 amide bonds. The summed E-state index contributed by atoms with van der Waals surface area (Å²) in [6, 6.07) is 3.58. The number of methoxy groups -OCH3 is 1. The van der Waals surface area contributed by atoms with Crippen LogP contribution < -0.4 is 14.8 Å². The highest BCUT2D eigenvalue weighted by Crippen LogP contribution is 2.35. The monoisotopic (exact) mass is 315 g/mol. The van der Waals surface area contributed by atoms with Gasteiger partial charge < -0.3 is 19.9 Å². The number of hydrogen-bond acceptors (Lipinski definition) is 4. The van der Waals surface area contributed by atoms with E-state index in [1.54, 1.807) is 20.1 Å². The maximum Gasteiger partial charge on any atom is 0.166 e. The molecule has 0 bridgehead atoms. The van der Waals surface area contributed by atoms with Crippen LogP contribution in [0.25, 0.3) is 0 Å². The second-order valence-electron chi connectivity index (χ2n) is 5.68. The van der Waals surface area contributed by atoms with E-state index in [9.17, 15) is 5.11 Å². The number of ether oxygens (including phenoxy) is 2. The minimum Gasteiger partial charge on any atom is -0.493 e. The molecule has 0 saturated heterocycles. The second-order valence-corrected chi connectivity index (χ2v) is 6.12. The summed E-state index contributed by atoms with van der Waals surface area (Å²) in [5.41, 5.74) is 0.924. The Balaban J connectivity index is 2.99. The molecule has 21 heavy (non-hydrogen) atoms. The first-order chi connectivity index (χ1) is 9.85. The smallest absolute Gasteiger partial charge is 0.166 e. The van der Waals surface area contributed by atoms with Gasteiger partial charge in [0.25, 0.3) is 0 Å². The molecule has 4 nitrogen and oxygen atoms in total. The van der Waals surface area contributed by atoms with E-state index in [0.29, 0.717) is 29.0 Å². The Kier molecular flexibility index (Phi) is 7.29. The van der Waals surface area contributed by atoms with Gasteiger partial charge in [0.15, 0.2) is 11.5 Å². The molecule has 0 aromatic heterocycles. The van der Waals surface area contributed by atoms with Crippen LogP contribution in [0.5, 0.6) is 11.5 Å². The van der Waals surface area contributed by atoms with Crippen LogP contribution in [0.1, 0.15) is 33.3 Å². The van der Waals surface area contributed by atoms with Gasteiger partial charge in [0.2, 0.25) is 0 Å². The molecule has 2 N–H and O–H groups in total. The standard InChI is InChI=1S/C16H26ClNO3/c1-10(2)8-18-9-13-6-14(17)7-15(20-5)16(13)21-12(4)11(3)19/h6-7,10-12,18-19H,8-9H2,1-5H3. The van der Waals surface area contributed by atoms with Gasteiger partial charge in [-0.1, -0.05) is 25.4 Å². The van der Waals surface area contributed by atoms with Crippen molar-refractivity contribution in [1.82, 2.24) is 5.32 Å². The molecule has 2 atom stereocenters. The quantitative estimate of drug-likeness (QED) is 0.773. The number of aliphatic hydroxyl groups is 1. The third-order valence-corrected chi connectivity index (χ3v) is 3.39. The first-order valence-electron chi connectivity index (χ1n) is 7.27. The normalized spacial score (nSPS) is 14.1. The van der Waals surface area contributed by atoms with E-state index >= 15 is 0 Å². The molecule has 1 aromatic carbocycles. The molecular weight excluding hydrogens is 290 g/mol. The van der Waals surface area contributed by atoms with E-state index in [1.807, 2.05) is 13.0 Å². The summed E-state index contributed by atoms with van der Waals surface area (Å²) in [6.45, 7) is 9.36. The highest BCUT2D eigenvalue weighted by atomic mass is 35.5. The molecule has 2 unspecified atom stereocenters. The molecule has 0 radical (unpaired) electrons. The van der Waals surface area contributed by atoms with Gasteiger partial charge in [0, 0.05) is 23.2 Å². The second kappa shape index (κ2) is 8.47. The summed E-state index contributed by atoms with van der Waals surface area (Å²) >= 11 is 6.13. The van der Waals surface area contributed by atoms with Crippen LogP contribution in [-0.2, 0) is 6.54 Å². The van der Waals surface area contributed by atoms with Crippen LogP contribution in [0.4, 0.5) is 0 Å². The maximum absolute atomic E-state index is 9.63. The van der Waals surface area contributed by atoms with Crippen molar-refractivity contribution in [2.45, 2.75) is 46.4 Å². The molecule has 0 aliphatic rings. The summed E-state index contributed by atoms with van der Waals surface area (Å²) < 4.78 is 11.2. The lowest BCUT2D eigenvalue weighted by Crippen LogP contribution is -2.27. The molecule has 0 saturated carbocycles. The molecule has 0 fully saturated rings. The Hall–Kier alpha value is -0.970. The number of hydrogen-bond donors (Lipinski definition) is 2. The Morgan fingerprint density at radius 2 is 1.90 bits per heavy atom. The van der Waals surface area contributed by atoms with Crippen molar-refractivity contribution in [2.75, 3.05) is 13.7 Å². The molecule has 5 heteroatoms. The largest absolute Gasteiger partial charge is 0.493 e. The molecular formula is C16H26ClNO3. The third kappa shape index (κ3) is 5.73. The zero-order valence-electron chi connectivity index (χ0n) is 13.4. The topological polar surface area (TPSA) is 50.7 Å². The molecule has 120 valence electrons. The Morgan fingerprint density at radius 3 is 2.43 bits per heavy atom. The van der Waals surface area contributed by atoms with Crippen molar-refractivity contribution in [1.29, 1.82) is 0 Å². The first kappa shape index (κ1) is 18.1. The number of aliphatic hydroxyl groups excluding tert-OH is 1. The summed E-state index contributed by atoms with van der Waals surface area (Å²) in [4.78, 5) is 0. The van der Waals surface area contributed by atoms with Gasteiger partial charge in [0.1, 0.15) is 6.10 Å². The summed E-state index contributed by atoms with van der Waals surface area (Å²) in [6.07, 6.45) is -0.897. The molecule has 0 spiro atoms. The van der Waals surface area contributed by atoms with E-state index in [2.05, 4.69) is 19.2 Å². The van der Waals surface area contributed by atoms with E-state index in [0.717, 1.165) is 12.1 Å². The molecule has 0 heterocycles. The SMILES string of the molecule is COc1cc(Cl)cc(CNCC(C)C)c1OC(C)C(C)O. The highest BCUT2D eigenvalue weighted by molar-refractivity contribution is 6.30. The number of halogens is 1. The van der Waals surface area contributed by atoms with Gasteiger partial charge in [-0.3, -0.25) is 0 Å². The lowest BCUT2D eigenvalue weighted by molar-refractivity contribution is 0.0579. The van der Waals surface area contributed by atoms with Crippen LogP contribution in [0.15, 0.2) is 12.1 Å². The first-order valence-corrected chi connectivity index (χ1v) is 7.64. The van der Waals surface area contributed by atoms with Gasteiger partial charge in [-0.15, -0.1) is 0 Å². The predicted molar refractivity (Wildman–Crippen MR) is 86.3 cm³/mol. The molecule has 1 aromatic rings. The third-order valence-electron chi connectivity index (χ3n) is 3.17. The minimum atomic E-state index is -0.568. The van der Waals surface area contributed by atoms with Crippen LogP contribution in [0.2, 0.25) is 5.02 Å². The highest BCUT2D eigenvalue weighted by Gasteiger charge is 2.18. The van der Waals surface area contributed by atoms with E-state index in [1.165, 1.54) is 0 Å². The minimum absolute atomic E-state index is 0.330. The average Bonchev–Trinajstić information content (AvgIpc) is 2.40. The van der Waals surface area contributed by atoms with Gasteiger partial charge in [0.05, 0.1) is 13.2 Å². The zero-order chi connectivity index (χ0) is 16.0. The van der Waals surface area contributed by atoms with Crippen molar-refractivity contribution in [3.63, 3.8) is 0 Å². The average molecular weight is 316 g/mol. The Bertz CT molecular complexity index is 449. The number of nitrogens with one attached hydrogen (secondary N) is 1. The fraction of sp³-hybridized carbons (Fsp3) is 0.625. The summed E-state index contributed by atoms with van der Waals surface area (Å²) in [5.74, 6) is 1.77. The van der Waals surface area contributed by atoms with Crippen molar-refractivity contribution >= 4 is 11.6 Å². The summed E-state index contributed by atoms with van der Waals surface area (Å²) in [5, 5.41) is 13.6. The fourth-order valence-corrected chi connectivity index (χ4v) is 2.05. The van der Waals surface area contributed by atoms with Crippen LogP contribution in [0, 0.1) is 5.92 Å². The fourth-order valence-electron chi connectivity index (χ4n) is 1.82. The Morgan fingerprint density at radius 1 is 1.24 bits per heavy atom. The molecule has 0 aliphatic heterocycles. The van der Waals surface area contributed by atoms with Crippen LogP contribution >= 0.6 is 11.6 Å². The van der Waals surface area contributed by atoms with Gasteiger partial charge in [-0.05, 0) is 32.4 Å². The van der Waals surface area contributed by atoms with Gasteiger partial charge in [-0.2, -0.15) is 0 Å². The maximum atomic E-state index is 9.63. The lowest BCUT2D eigenvalue weighted by atomic mass is 10.1. The van der Waals surface area contributed by atoms with Crippen LogP contribution in [0.3, 0.4) is 0 Å². The van der Waals surface area contributed by atoms with Gasteiger partial charge in [-0.25, -0.2) is 0 Å². The van der Waals surface area contributed by atoms with Crippen LogP contribution in [-0.4, -0.2) is 31.0 Å². The van der Waals surface area contributed by atoms with E-state index in [4.69, 9.17) is 21.1 Å². The van der Waals surface area contributed by atoms with Crippen molar-refractivity contribution < 1.29 is 14.6 Å². The zero-order valence-corrected chi connectivity index (χ0v) is 14.2. The summed E-state index contributed by atoms with van der Waals surface area (Å²) in [7, 11) is 1.58. The van der Waals surface area contributed by atoms with E-state index < -0.39 is 6.10 Å². The Labute approximate surface area is 132 Å². The van der Waals surface area contributed by atoms with Crippen molar-refractivity contribution in [3.8, 4) is 11.5 Å². The predicted octanol–water partition coefficient (Wildman–Crippen LogP) is 3.24. The number of benzene rings is 1.